The van der Waals surface area contributed by atoms with Crippen LogP contribution in [0.2, 0.25) is 0 Å². The van der Waals surface area contributed by atoms with Crippen LogP contribution in [-0.4, -0.2) is 14.1 Å². The van der Waals surface area contributed by atoms with Crippen LogP contribution in [0.25, 0.3) is 0 Å². The molecule has 0 spiro atoms. The molecule has 2 aromatic rings. The minimum Gasteiger partial charge on any atom is -0.311 e. The van der Waals surface area contributed by atoms with Crippen molar-refractivity contribution in [2.24, 2.45) is 4.99 Å². The van der Waals surface area contributed by atoms with Gasteiger partial charge >= 0.3 is 0 Å². The SMILES string of the molecule is CC1=Nc2ccccc2S/C1=C(\C)NNS(=O)(=O)c1ccc(C)cc1. The molecule has 1 aliphatic rings. The Labute approximate surface area is 152 Å². The molecule has 2 N–H and O–H groups in total. The molecule has 1 heterocycles. The molecule has 0 aliphatic carbocycles. The second-order valence-corrected chi connectivity index (χ2v) is 8.50. The van der Waals surface area contributed by atoms with Crippen molar-refractivity contribution in [1.82, 2.24) is 10.3 Å². The number of hydrogen-bond donors (Lipinski definition) is 2. The summed E-state index contributed by atoms with van der Waals surface area (Å²) in [6, 6.07) is 14.6. The van der Waals surface area contributed by atoms with Gasteiger partial charge in [0, 0.05) is 10.6 Å². The van der Waals surface area contributed by atoms with Gasteiger partial charge in [-0.05, 0) is 45.0 Å². The smallest absolute Gasteiger partial charge is 0.257 e. The van der Waals surface area contributed by atoms with E-state index in [0.29, 0.717) is 5.70 Å². The minimum atomic E-state index is -3.63. The van der Waals surface area contributed by atoms with Gasteiger partial charge in [0.25, 0.3) is 10.0 Å². The normalized spacial score (nSPS) is 16.0. The number of thioether (sulfide) groups is 1. The van der Waals surface area contributed by atoms with Crippen molar-refractivity contribution in [3.63, 3.8) is 0 Å². The van der Waals surface area contributed by atoms with Gasteiger partial charge < -0.3 is 5.43 Å². The molecule has 0 fully saturated rings. The largest absolute Gasteiger partial charge is 0.311 e. The first-order valence-electron chi connectivity index (χ1n) is 7.75. The third-order valence-corrected chi connectivity index (χ3v) is 6.37. The van der Waals surface area contributed by atoms with E-state index < -0.39 is 10.0 Å². The van der Waals surface area contributed by atoms with Crippen molar-refractivity contribution < 1.29 is 8.42 Å². The van der Waals surface area contributed by atoms with Gasteiger partial charge in [0.2, 0.25) is 0 Å². The highest BCUT2D eigenvalue weighted by atomic mass is 32.2. The standard InChI is InChI=1S/C18H19N3O2S2/c1-12-8-10-15(11-9-12)25(22,23)21-20-14(3)18-13(2)19-16-6-4-5-7-17(16)24-18/h4-11,20-21H,1-3H3/b18-14+. The summed E-state index contributed by atoms with van der Waals surface area (Å²) < 4.78 is 24.8. The average Bonchev–Trinajstić information content (AvgIpc) is 2.59. The van der Waals surface area contributed by atoms with Crippen molar-refractivity contribution in [1.29, 1.82) is 0 Å². The molecule has 0 amide bonds. The lowest BCUT2D eigenvalue weighted by molar-refractivity contribution is 0.570. The number of aliphatic imine (C=N–C) groups is 1. The maximum Gasteiger partial charge on any atom is 0.257 e. The Morgan fingerprint density at radius 2 is 1.72 bits per heavy atom. The summed E-state index contributed by atoms with van der Waals surface area (Å²) >= 11 is 1.57. The molecule has 3 rings (SSSR count). The fourth-order valence-corrected chi connectivity index (χ4v) is 4.26. The number of hydrogen-bond acceptors (Lipinski definition) is 5. The van der Waals surface area contributed by atoms with Gasteiger partial charge in [0.05, 0.1) is 21.2 Å². The van der Waals surface area contributed by atoms with E-state index in [0.717, 1.165) is 26.8 Å². The molecule has 1 aliphatic heterocycles. The van der Waals surface area contributed by atoms with Gasteiger partial charge in [0.1, 0.15) is 0 Å². The van der Waals surface area contributed by atoms with E-state index in [1.54, 1.807) is 36.0 Å². The van der Waals surface area contributed by atoms with Crippen molar-refractivity contribution in [3.05, 3.63) is 64.7 Å². The molecular weight excluding hydrogens is 354 g/mol. The molecule has 0 aromatic heterocycles. The van der Waals surface area contributed by atoms with Crippen LogP contribution in [0.15, 0.2) is 73.9 Å². The maximum atomic E-state index is 12.4. The molecule has 5 nitrogen and oxygen atoms in total. The predicted octanol–water partition coefficient (Wildman–Crippen LogP) is 3.91. The van der Waals surface area contributed by atoms with Crippen molar-refractivity contribution in [2.45, 2.75) is 30.6 Å². The van der Waals surface area contributed by atoms with Crippen LogP contribution in [0.4, 0.5) is 5.69 Å². The summed E-state index contributed by atoms with van der Waals surface area (Å²) in [4.78, 5) is 9.19. The Hall–Kier alpha value is -2.09. The average molecular weight is 374 g/mol. The Morgan fingerprint density at radius 3 is 2.44 bits per heavy atom. The fourth-order valence-electron chi connectivity index (χ4n) is 2.38. The van der Waals surface area contributed by atoms with Crippen LogP contribution in [0, 0.1) is 6.92 Å². The number of benzene rings is 2. The Balaban J connectivity index is 1.79. The number of sulfonamides is 1. The van der Waals surface area contributed by atoms with Crippen LogP contribution in [0.1, 0.15) is 19.4 Å². The zero-order chi connectivity index (χ0) is 18.0. The first kappa shape index (κ1) is 17.7. The molecule has 7 heteroatoms. The summed E-state index contributed by atoms with van der Waals surface area (Å²) in [5.74, 6) is 0. The molecule has 25 heavy (non-hydrogen) atoms. The van der Waals surface area contributed by atoms with Crippen molar-refractivity contribution >= 4 is 33.2 Å². The lowest BCUT2D eigenvalue weighted by Gasteiger charge is -2.19. The number of rotatable bonds is 4. The molecule has 0 bridgehead atoms. The van der Waals surface area contributed by atoms with Crippen LogP contribution in [0.5, 0.6) is 0 Å². The second kappa shape index (κ2) is 7.03. The van der Waals surface area contributed by atoms with E-state index in [-0.39, 0.29) is 4.90 Å². The van der Waals surface area contributed by atoms with Crippen LogP contribution in [-0.2, 0) is 10.0 Å². The Kier molecular flexibility index (Phi) is 4.99. The summed E-state index contributed by atoms with van der Waals surface area (Å²) in [7, 11) is -3.63. The lowest BCUT2D eigenvalue weighted by Crippen LogP contribution is -2.36. The highest BCUT2D eigenvalue weighted by molar-refractivity contribution is 8.04. The lowest BCUT2D eigenvalue weighted by atomic mass is 10.2. The van der Waals surface area contributed by atoms with E-state index in [1.807, 2.05) is 45.0 Å². The summed E-state index contributed by atoms with van der Waals surface area (Å²) in [5, 5.41) is 0. The number of nitrogens with zero attached hydrogens (tertiary/aromatic N) is 1. The third-order valence-electron chi connectivity index (χ3n) is 3.74. The van der Waals surface area contributed by atoms with Gasteiger partial charge in [-0.1, -0.05) is 41.6 Å². The zero-order valence-electron chi connectivity index (χ0n) is 14.2. The molecule has 0 saturated carbocycles. The molecule has 130 valence electrons. The van der Waals surface area contributed by atoms with Crippen LogP contribution in [0.3, 0.4) is 0 Å². The number of nitrogens with one attached hydrogen (secondary N) is 2. The van der Waals surface area contributed by atoms with Gasteiger partial charge in [-0.25, -0.2) is 8.42 Å². The highest BCUT2D eigenvalue weighted by Crippen LogP contribution is 2.40. The zero-order valence-corrected chi connectivity index (χ0v) is 15.8. The van der Waals surface area contributed by atoms with Crippen molar-refractivity contribution in [3.8, 4) is 0 Å². The Bertz CT molecular complexity index is 962. The van der Waals surface area contributed by atoms with E-state index in [2.05, 4.69) is 15.2 Å². The van der Waals surface area contributed by atoms with Crippen molar-refractivity contribution in [2.75, 3.05) is 0 Å². The van der Waals surface area contributed by atoms with Crippen LogP contribution < -0.4 is 10.3 Å². The van der Waals surface area contributed by atoms with E-state index >= 15 is 0 Å². The van der Waals surface area contributed by atoms with Crippen LogP contribution >= 0.6 is 11.8 Å². The predicted molar refractivity (Wildman–Crippen MR) is 102 cm³/mol. The second-order valence-electron chi connectivity index (χ2n) is 5.76. The van der Waals surface area contributed by atoms with E-state index in [9.17, 15) is 8.42 Å². The summed E-state index contributed by atoms with van der Waals surface area (Å²) in [6.45, 7) is 5.65. The van der Waals surface area contributed by atoms with Gasteiger partial charge in [-0.15, -0.1) is 4.83 Å². The topological polar surface area (TPSA) is 70.6 Å². The maximum absolute atomic E-state index is 12.4. The van der Waals surface area contributed by atoms with Gasteiger partial charge in [-0.2, -0.15) is 0 Å². The number of fused-ring (bicyclic) bond motifs is 1. The molecule has 0 saturated heterocycles. The van der Waals surface area contributed by atoms with E-state index in [4.69, 9.17) is 0 Å². The number of hydrazine groups is 1. The highest BCUT2D eigenvalue weighted by Gasteiger charge is 2.18. The van der Waals surface area contributed by atoms with E-state index in [1.165, 1.54) is 0 Å². The fraction of sp³-hybridized carbons (Fsp3) is 0.167. The minimum absolute atomic E-state index is 0.218. The number of aryl methyl sites for hydroxylation is 1. The number of para-hydroxylation sites is 1. The molecular formula is C18H19N3O2S2. The summed E-state index contributed by atoms with van der Waals surface area (Å²) in [6.07, 6.45) is 0. The molecule has 2 aromatic carbocycles. The molecule has 0 unspecified atom stereocenters. The first-order chi connectivity index (χ1) is 11.9. The quantitative estimate of drug-likeness (QED) is 0.797. The summed E-state index contributed by atoms with van der Waals surface area (Å²) in [5.41, 5.74) is 6.30. The first-order valence-corrected chi connectivity index (χ1v) is 10.0. The number of allylic oxidation sites excluding steroid dienone is 2. The molecule has 0 atom stereocenters. The monoisotopic (exact) mass is 373 g/mol. The Morgan fingerprint density at radius 1 is 1.04 bits per heavy atom. The molecule has 0 radical (unpaired) electrons. The third kappa shape index (κ3) is 3.95. The van der Waals surface area contributed by atoms with Gasteiger partial charge in [-0.3, -0.25) is 4.99 Å². The van der Waals surface area contributed by atoms with Gasteiger partial charge in [0.15, 0.2) is 0 Å².